The number of H-pyrrole nitrogens is 1. The van der Waals surface area contributed by atoms with Gasteiger partial charge in [0.15, 0.2) is 0 Å². The zero-order chi connectivity index (χ0) is 18.3. The maximum Gasteiger partial charge on any atom is 0.271 e. The van der Waals surface area contributed by atoms with Crippen LogP contribution in [0.15, 0.2) is 22.9 Å². The van der Waals surface area contributed by atoms with Crippen molar-refractivity contribution in [3.05, 3.63) is 41.0 Å². The molecule has 0 atom stereocenters. The number of pyridine rings is 1. The monoisotopic (exact) mass is 361 g/mol. The van der Waals surface area contributed by atoms with Crippen LogP contribution < -0.4 is 0 Å². The first kappa shape index (κ1) is 16.6. The zero-order valence-corrected chi connectivity index (χ0v) is 14.1. The van der Waals surface area contributed by atoms with Crippen LogP contribution in [-0.4, -0.2) is 44.2 Å². The summed E-state index contributed by atoms with van der Waals surface area (Å²) in [6, 6.07) is 3.08. The van der Waals surface area contributed by atoms with Crippen molar-refractivity contribution in [2.75, 3.05) is 13.1 Å². The number of halogens is 2. The third-order valence-electron chi connectivity index (χ3n) is 4.83. The Labute approximate surface area is 147 Å². The number of aromatic nitrogens is 4. The van der Waals surface area contributed by atoms with E-state index in [2.05, 4.69) is 20.3 Å². The van der Waals surface area contributed by atoms with Gasteiger partial charge in [-0.1, -0.05) is 5.16 Å². The lowest BCUT2D eigenvalue weighted by molar-refractivity contribution is 0.0706. The molecule has 26 heavy (non-hydrogen) atoms. The number of carbonyl (C=O) groups is 1. The van der Waals surface area contributed by atoms with Crippen molar-refractivity contribution in [3.8, 4) is 0 Å². The fourth-order valence-corrected chi connectivity index (χ4v) is 3.45. The van der Waals surface area contributed by atoms with Crippen molar-refractivity contribution in [2.45, 2.75) is 32.1 Å². The number of nitrogens with zero attached hydrogens (tertiary/aromatic N) is 4. The van der Waals surface area contributed by atoms with Gasteiger partial charge in [0.2, 0.25) is 0 Å². The fourth-order valence-electron chi connectivity index (χ4n) is 3.45. The van der Waals surface area contributed by atoms with Crippen LogP contribution in [0.2, 0.25) is 0 Å². The lowest BCUT2D eigenvalue weighted by Crippen LogP contribution is -2.38. The van der Waals surface area contributed by atoms with Gasteiger partial charge in [-0.3, -0.25) is 9.89 Å². The predicted molar refractivity (Wildman–Crippen MR) is 88.0 cm³/mol. The average molecular weight is 361 g/mol. The SMILES string of the molecule is Cc1noc2nc(C3CCN(C(=O)c4ccn[nH]4)CC3)cc(C(F)F)c12. The average Bonchev–Trinajstić information content (AvgIpc) is 3.31. The molecule has 0 aliphatic carbocycles. The molecular formula is C17H17F2N5O2. The Hall–Kier alpha value is -2.84. The quantitative estimate of drug-likeness (QED) is 0.774. The van der Waals surface area contributed by atoms with E-state index in [0.717, 1.165) is 0 Å². The molecule has 0 spiro atoms. The van der Waals surface area contributed by atoms with Crippen LogP contribution in [0.1, 0.15) is 52.6 Å². The molecule has 1 aliphatic heterocycles. The van der Waals surface area contributed by atoms with E-state index in [-0.39, 0.29) is 28.5 Å². The summed E-state index contributed by atoms with van der Waals surface area (Å²) < 4.78 is 32.0. The summed E-state index contributed by atoms with van der Waals surface area (Å²) in [6.07, 6.45) is 0.201. The van der Waals surface area contributed by atoms with E-state index in [9.17, 15) is 13.6 Å². The van der Waals surface area contributed by atoms with Gasteiger partial charge in [0.05, 0.1) is 11.1 Å². The molecule has 3 aromatic rings. The summed E-state index contributed by atoms with van der Waals surface area (Å²) in [6.45, 7) is 2.68. The highest BCUT2D eigenvalue weighted by atomic mass is 19.3. The molecule has 1 amide bonds. The van der Waals surface area contributed by atoms with Gasteiger partial charge in [-0.2, -0.15) is 5.10 Å². The Morgan fingerprint density at radius 2 is 2.15 bits per heavy atom. The maximum absolute atomic E-state index is 13.5. The number of hydrogen-bond donors (Lipinski definition) is 1. The molecule has 7 nitrogen and oxygen atoms in total. The molecule has 1 aliphatic rings. The third kappa shape index (κ3) is 2.83. The van der Waals surface area contributed by atoms with Crippen molar-refractivity contribution in [1.82, 2.24) is 25.2 Å². The van der Waals surface area contributed by atoms with E-state index >= 15 is 0 Å². The van der Waals surface area contributed by atoms with Crippen molar-refractivity contribution in [3.63, 3.8) is 0 Å². The third-order valence-corrected chi connectivity index (χ3v) is 4.83. The molecule has 9 heteroatoms. The largest absolute Gasteiger partial charge is 0.337 e. The summed E-state index contributed by atoms with van der Waals surface area (Å²) >= 11 is 0. The highest BCUT2D eigenvalue weighted by Crippen LogP contribution is 2.34. The van der Waals surface area contributed by atoms with Gasteiger partial charge in [0, 0.05) is 36.5 Å². The van der Waals surface area contributed by atoms with Crippen LogP contribution >= 0.6 is 0 Å². The topological polar surface area (TPSA) is 87.9 Å². The standard InChI is InChI=1S/C17H17F2N5O2/c1-9-14-11(15(18)19)8-13(21-16(14)26-23-9)10-3-6-24(7-4-10)17(25)12-2-5-20-22-12/h2,5,8,10,15H,3-4,6-7H2,1H3,(H,20,22). The summed E-state index contributed by atoms with van der Waals surface area (Å²) in [5, 5.41) is 10.5. The van der Waals surface area contributed by atoms with Gasteiger partial charge in [0.1, 0.15) is 5.69 Å². The number of aromatic amines is 1. The van der Waals surface area contributed by atoms with Gasteiger partial charge in [0.25, 0.3) is 18.0 Å². The zero-order valence-electron chi connectivity index (χ0n) is 14.1. The lowest BCUT2D eigenvalue weighted by atomic mass is 9.91. The molecule has 1 N–H and O–H groups in total. The Morgan fingerprint density at radius 3 is 2.81 bits per heavy atom. The number of rotatable bonds is 3. The van der Waals surface area contributed by atoms with Gasteiger partial charge < -0.3 is 9.42 Å². The van der Waals surface area contributed by atoms with Gasteiger partial charge in [-0.25, -0.2) is 13.8 Å². The van der Waals surface area contributed by atoms with E-state index in [1.54, 1.807) is 17.9 Å². The molecule has 4 rings (SSSR count). The normalized spacial score (nSPS) is 15.9. The predicted octanol–water partition coefficient (Wildman–Crippen LogP) is 3.21. The minimum absolute atomic E-state index is 0.00637. The second kappa shape index (κ2) is 6.47. The molecule has 1 saturated heterocycles. The van der Waals surface area contributed by atoms with Crippen LogP contribution in [0.4, 0.5) is 8.78 Å². The molecule has 0 saturated carbocycles. The molecule has 0 bridgehead atoms. The van der Waals surface area contributed by atoms with E-state index < -0.39 is 6.43 Å². The van der Waals surface area contributed by atoms with Crippen molar-refractivity contribution in [2.24, 2.45) is 0 Å². The Morgan fingerprint density at radius 1 is 1.38 bits per heavy atom. The summed E-state index contributed by atoms with van der Waals surface area (Å²) in [5.74, 6) is -0.114. The first-order chi connectivity index (χ1) is 12.5. The first-order valence-electron chi connectivity index (χ1n) is 8.38. The number of piperidine rings is 1. The van der Waals surface area contributed by atoms with Crippen LogP contribution in [0, 0.1) is 6.92 Å². The molecule has 0 unspecified atom stereocenters. The molecular weight excluding hydrogens is 344 g/mol. The Kier molecular flexibility index (Phi) is 4.14. The van der Waals surface area contributed by atoms with Crippen LogP contribution in [-0.2, 0) is 0 Å². The molecule has 1 fully saturated rings. The van der Waals surface area contributed by atoms with E-state index in [1.165, 1.54) is 12.3 Å². The number of nitrogens with one attached hydrogen (secondary N) is 1. The fraction of sp³-hybridized carbons (Fsp3) is 0.412. The Bertz CT molecular complexity index is 930. The number of alkyl halides is 2. The van der Waals surface area contributed by atoms with Gasteiger partial charge >= 0.3 is 0 Å². The van der Waals surface area contributed by atoms with Gasteiger partial charge in [-0.15, -0.1) is 0 Å². The highest BCUT2D eigenvalue weighted by molar-refractivity contribution is 5.92. The summed E-state index contributed by atoms with van der Waals surface area (Å²) in [5.41, 5.74) is 1.47. The Balaban J connectivity index is 1.55. The second-order valence-corrected chi connectivity index (χ2v) is 6.42. The van der Waals surface area contributed by atoms with Crippen LogP contribution in [0.5, 0.6) is 0 Å². The highest BCUT2D eigenvalue weighted by Gasteiger charge is 2.28. The lowest BCUT2D eigenvalue weighted by Gasteiger charge is -2.31. The van der Waals surface area contributed by atoms with Gasteiger partial charge in [-0.05, 0) is 31.9 Å². The first-order valence-corrected chi connectivity index (χ1v) is 8.38. The molecule has 3 aromatic heterocycles. The van der Waals surface area contributed by atoms with Crippen molar-refractivity contribution >= 4 is 17.0 Å². The van der Waals surface area contributed by atoms with E-state index in [4.69, 9.17) is 4.52 Å². The van der Waals surface area contributed by atoms with Crippen LogP contribution in [0.25, 0.3) is 11.1 Å². The smallest absolute Gasteiger partial charge is 0.271 e. The number of fused-ring (bicyclic) bond motifs is 1. The molecule has 136 valence electrons. The summed E-state index contributed by atoms with van der Waals surface area (Å²) in [4.78, 5) is 18.5. The van der Waals surface area contributed by atoms with E-state index in [0.29, 0.717) is 43.0 Å². The van der Waals surface area contributed by atoms with Crippen LogP contribution in [0.3, 0.4) is 0 Å². The van der Waals surface area contributed by atoms with E-state index in [1.807, 2.05) is 0 Å². The molecule has 0 aromatic carbocycles. The minimum atomic E-state index is -2.63. The number of aryl methyl sites for hydroxylation is 1. The molecule has 0 radical (unpaired) electrons. The maximum atomic E-state index is 13.5. The number of amides is 1. The van der Waals surface area contributed by atoms with Crippen molar-refractivity contribution in [1.29, 1.82) is 0 Å². The second-order valence-electron chi connectivity index (χ2n) is 6.42. The number of likely N-dealkylation sites (tertiary alicyclic amines) is 1. The summed E-state index contributed by atoms with van der Waals surface area (Å²) in [7, 11) is 0. The minimum Gasteiger partial charge on any atom is -0.337 e. The number of hydrogen-bond acceptors (Lipinski definition) is 5. The number of carbonyl (C=O) groups excluding carboxylic acids is 1. The molecule has 4 heterocycles. The van der Waals surface area contributed by atoms with Crippen molar-refractivity contribution < 1.29 is 18.1 Å².